The molecule has 0 heterocycles. The molecule has 48 heavy (non-hydrogen) atoms. The van der Waals surface area contributed by atoms with Crippen LogP contribution in [0.15, 0.2) is 9.98 Å². The van der Waals surface area contributed by atoms with Crippen LogP contribution in [0.3, 0.4) is 0 Å². The lowest BCUT2D eigenvalue weighted by Gasteiger charge is -2.27. The van der Waals surface area contributed by atoms with E-state index in [-0.39, 0.29) is 48.9 Å². The Kier molecular flexibility index (Phi) is 21.1. The number of nitrogens with one attached hydrogen (secondary N) is 3. The van der Waals surface area contributed by atoms with Gasteiger partial charge in [0, 0.05) is 37.8 Å². The molecule has 5 atom stereocenters. The molecule has 0 spiro atoms. The van der Waals surface area contributed by atoms with Crippen LogP contribution >= 0.6 is 0 Å². The van der Waals surface area contributed by atoms with Crippen molar-refractivity contribution in [2.24, 2.45) is 68.2 Å². The zero-order valence-electron chi connectivity index (χ0n) is 29.0. The van der Waals surface area contributed by atoms with E-state index < -0.39 is 78.8 Å². The maximum atomic E-state index is 13.7. The molecule has 0 aromatic carbocycles. The Morgan fingerprint density at radius 2 is 1.23 bits per heavy atom. The van der Waals surface area contributed by atoms with Crippen molar-refractivity contribution in [3.63, 3.8) is 0 Å². The Morgan fingerprint density at radius 1 is 0.688 bits per heavy atom. The fourth-order valence-corrected chi connectivity index (χ4v) is 4.87. The van der Waals surface area contributed by atoms with Gasteiger partial charge in [0.1, 0.15) is 0 Å². The van der Waals surface area contributed by atoms with Crippen LogP contribution in [-0.4, -0.2) is 90.5 Å². The Labute approximate surface area is 283 Å². The zero-order valence-corrected chi connectivity index (χ0v) is 29.0. The van der Waals surface area contributed by atoms with Gasteiger partial charge in [-0.25, -0.2) is 0 Å². The van der Waals surface area contributed by atoms with Crippen LogP contribution < -0.4 is 44.6 Å². The lowest BCUT2D eigenvalue weighted by Crippen LogP contribution is -2.49. The molecular formula is C31H58N10O7. The maximum Gasteiger partial charge on any atom is 0.236 e. The lowest BCUT2D eigenvalue weighted by molar-refractivity contribution is -0.136. The Hall–Kier alpha value is -4.28. The summed E-state index contributed by atoms with van der Waals surface area (Å²) in [4.78, 5) is 84.9. The smallest absolute Gasteiger partial charge is 0.236 e. The van der Waals surface area contributed by atoms with Gasteiger partial charge in [-0.3, -0.25) is 38.8 Å². The van der Waals surface area contributed by atoms with E-state index in [1.165, 1.54) is 0 Å². The van der Waals surface area contributed by atoms with E-state index >= 15 is 0 Å². The van der Waals surface area contributed by atoms with E-state index in [2.05, 4.69) is 25.9 Å². The van der Waals surface area contributed by atoms with Gasteiger partial charge in [0.2, 0.25) is 23.6 Å². The molecule has 14 N–H and O–H groups in total. The lowest BCUT2D eigenvalue weighted by atomic mass is 9.88. The SMILES string of the molecule is CC(C)C[C@H](NC(=O)[C@@H](C)CCCN=C(N)N)C(=O)C[C@@H](CCCN=C(N)N)C(=O)N[C@H](C(=O)C[C@@H](CO)C(=O)NCC(N)=O)C(C)C. The summed E-state index contributed by atoms with van der Waals surface area (Å²) in [7, 11) is 0. The Bertz CT molecular complexity index is 1130. The number of hydrogen-bond donors (Lipinski definition) is 9. The number of primary amides is 1. The van der Waals surface area contributed by atoms with Crippen molar-refractivity contribution in [1.29, 1.82) is 0 Å². The normalized spacial score (nSPS) is 14.2. The van der Waals surface area contributed by atoms with Gasteiger partial charge in [-0.05, 0) is 43.9 Å². The van der Waals surface area contributed by atoms with Crippen molar-refractivity contribution in [3.8, 4) is 0 Å². The number of hydrogen-bond acceptors (Lipinski definition) is 9. The maximum absolute atomic E-state index is 13.7. The van der Waals surface area contributed by atoms with Crippen molar-refractivity contribution >= 4 is 47.1 Å². The predicted molar refractivity (Wildman–Crippen MR) is 183 cm³/mol. The van der Waals surface area contributed by atoms with E-state index in [0.717, 1.165) is 0 Å². The number of carbonyl (C=O) groups excluding carboxylic acids is 6. The molecular weight excluding hydrogens is 624 g/mol. The number of rotatable bonds is 25. The van der Waals surface area contributed by atoms with E-state index in [1.54, 1.807) is 20.8 Å². The predicted octanol–water partition coefficient (Wildman–Crippen LogP) is -1.85. The number of guanidine groups is 2. The molecule has 0 aliphatic heterocycles. The van der Waals surface area contributed by atoms with Crippen LogP contribution in [0.5, 0.6) is 0 Å². The van der Waals surface area contributed by atoms with Crippen molar-refractivity contribution in [2.75, 3.05) is 26.2 Å². The molecule has 17 nitrogen and oxygen atoms in total. The molecule has 274 valence electrons. The fraction of sp³-hybridized carbons (Fsp3) is 0.742. The summed E-state index contributed by atoms with van der Waals surface area (Å²) in [6.45, 7) is 8.42. The minimum atomic E-state index is -1.17. The van der Waals surface area contributed by atoms with Crippen molar-refractivity contribution in [1.82, 2.24) is 16.0 Å². The number of aliphatic imine (C=N–C) groups is 2. The van der Waals surface area contributed by atoms with Gasteiger partial charge in [0.25, 0.3) is 0 Å². The first-order valence-corrected chi connectivity index (χ1v) is 16.3. The van der Waals surface area contributed by atoms with E-state index in [4.69, 9.17) is 28.7 Å². The molecule has 0 aliphatic carbocycles. The third-order valence-corrected chi connectivity index (χ3v) is 7.56. The largest absolute Gasteiger partial charge is 0.396 e. The molecule has 0 radical (unpaired) electrons. The summed E-state index contributed by atoms with van der Waals surface area (Å²) in [5, 5.41) is 17.6. The molecule has 0 aromatic rings. The monoisotopic (exact) mass is 682 g/mol. The second-order valence-electron chi connectivity index (χ2n) is 12.8. The van der Waals surface area contributed by atoms with Crippen molar-refractivity contribution < 1.29 is 33.9 Å². The number of nitrogens with two attached hydrogens (primary N) is 5. The highest BCUT2D eigenvalue weighted by Crippen LogP contribution is 2.19. The van der Waals surface area contributed by atoms with Crippen LogP contribution in [-0.2, 0) is 28.8 Å². The first-order chi connectivity index (χ1) is 22.4. The summed E-state index contributed by atoms with van der Waals surface area (Å²) in [5.74, 6) is -6.25. The second-order valence-corrected chi connectivity index (χ2v) is 12.8. The summed E-state index contributed by atoms with van der Waals surface area (Å²) in [6.07, 6.45) is 1.33. The first kappa shape index (κ1) is 43.7. The second kappa shape index (κ2) is 23.1. The average molecular weight is 683 g/mol. The minimum Gasteiger partial charge on any atom is -0.396 e. The Balaban J connectivity index is 5.92. The quantitative estimate of drug-likeness (QED) is 0.0292. The molecule has 0 aromatic heterocycles. The van der Waals surface area contributed by atoms with Crippen molar-refractivity contribution in [3.05, 3.63) is 0 Å². The van der Waals surface area contributed by atoms with Gasteiger partial charge in [-0.15, -0.1) is 0 Å². The van der Waals surface area contributed by atoms with E-state index in [0.29, 0.717) is 32.2 Å². The third-order valence-electron chi connectivity index (χ3n) is 7.56. The summed E-state index contributed by atoms with van der Waals surface area (Å²) >= 11 is 0. The molecule has 0 bridgehead atoms. The molecule has 0 rings (SSSR count). The number of ketones is 2. The standard InChI is InChI=1S/C31H58N10O7/c1-17(2)12-22(40-27(46)19(5)8-6-10-37-30(33)34)23(43)13-20(9-7-11-38-31(35)36)29(48)41-26(18(3)4)24(44)14-21(16-42)28(47)39-15-25(32)45/h17-22,26,42H,6-16H2,1-5H3,(H2,32,45)(H,39,47)(H,40,46)(H,41,48)(H4,33,34,37)(H4,35,36,38)/t19-,20+,21-,22-,26-/m0/s1. The number of carbonyl (C=O) groups is 6. The first-order valence-electron chi connectivity index (χ1n) is 16.3. The summed E-state index contributed by atoms with van der Waals surface area (Å²) < 4.78 is 0. The van der Waals surface area contributed by atoms with Gasteiger partial charge in [0.15, 0.2) is 23.5 Å². The molecule has 0 saturated heterocycles. The summed E-state index contributed by atoms with van der Waals surface area (Å²) in [5.41, 5.74) is 26.6. The molecule has 0 saturated carbocycles. The van der Waals surface area contributed by atoms with E-state index in [1.807, 2.05) is 13.8 Å². The number of aliphatic hydroxyl groups excluding tert-OH is 1. The van der Waals surface area contributed by atoms with Gasteiger partial charge in [-0.1, -0.05) is 34.6 Å². The van der Waals surface area contributed by atoms with Crippen LogP contribution in [0.1, 0.15) is 79.6 Å². The van der Waals surface area contributed by atoms with Gasteiger partial charge in [-0.2, -0.15) is 0 Å². The van der Waals surface area contributed by atoms with E-state index in [9.17, 15) is 33.9 Å². The highest BCUT2D eigenvalue weighted by atomic mass is 16.3. The zero-order chi connectivity index (χ0) is 37.0. The van der Waals surface area contributed by atoms with Gasteiger partial charge in [0.05, 0.1) is 31.2 Å². The number of aliphatic hydroxyl groups is 1. The fourth-order valence-electron chi connectivity index (χ4n) is 4.87. The number of amides is 4. The van der Waals surface area contributed by atoms with Crippen LogP contribution in [0.2, 0.25) is 0 Å². The number of nitrogens with zero attached hydrogens (tertiary/aromatic N) is 2. The highest BCUT2D eigenvalue weighted by Gasteiger charge is 2.33. The molecule has 4 amide bonds. The summed E-state index contributed by atoms with van der Waals surface area (Å²) in [6, 6.07) is -1.89. The molecule has 0 unspecified atom stereocenters. The Morgan fingerprint density at radius 3 is 1.71 bits per heavy atom. The van der Waals surface area contributed by atoms with Crippen LogP contribution in [0, 0.1) is 29.6 Å². The minimum absolute atomic E-state index is 0.0329. The van der Waals surface area contributed by atoms with Gasteiger partial charge >= 0.3 is 0 Å². The number of Topliss-reactive ketones (excluding diaryl/α,β-unsaturated/α-hetero) is 2. The van der Waals surface area contributed by atoms with Crippen molar-refractivity contribution in [2.45, 2.75) is 91.6 Å². The topological polar surface area (TPSA) is 314 Å². The third kappa shape index (κ3) is 18.8. The van der Waals surface area contributed by atoms with Crippen LogP contribution in [0.25, 0.3) is 0 Å². The molecule has 0 aliphatic rings. The van der Waals surface area contributed by atoms with Gasteiger partial charge < -0.3 is 49.7 Å². The average Bonchev–Trinajstić information content (AvgIpc) is 2.99. The van der Waals surface area contributed by atoms with Crippen LogP contribution in [0.4, 0.5) is 0 Å². The molecule has 17 heteroatoms. The molecule has 0 fully saturated rings. The highest BCUT2D eigenvalue weighted by molar-refractivity contribution is 5.96.